The fraction of sp³-hybridized carbons (Fsp3) is 0.267. The maximum absolute atomic E-state index is 11.6. The van der Waals surface area contributed by atoms with E-state index in [4.69, 9.17) is 9.88 Å². The molecular formula is C15H17N5O4S. The molecule has 1 saturated heterocycles. The van der Waals surface area contributed by atoms with Crippen molar-refractivity contribution in [2.24, 2.45) is 5.14 Å². The molecule has 132 valence electrons. The first-order chi connectivity index (χ1) is 11.8. The third-order valence-corrected chi connectivity index (χ3v) is 4.59. The number of cyclic esters (lactones) is 1. The second kappa shape index (κ2) is 6.65. The highest BCUT2D eigenvalue weighted by atomic mass is 32.2. The van der Waals surface area contributed by atoms with E-state index < -0.39 is 16.1 Å². The SMILES string of the molecule is Cc1cnc(Nc2ccc(S(N)(=O)=O)cc2)nc1NC1CCOC1=O. The number of esters is 1. The van der Waals surface area contributed by atoms with E-state index in [-0.39, 0.29) is 10.9 Å². The van der Waals surface area contributed by atoms with Gasteiger partial charge in [0.2, 0.25) is 16.0 Å². The first-order valence-corrected chi connectivity index (χ1v) is 9.04. The number of carbonyl (C=O) groups excluding carboxylic acids is 1. The van der Waals surface area contributed by atoms with E-state index in [9.17, 15) is 13.2 Å². The number of primary sulfonamides is 1. The molecule has 0 spiro atoms. The average molecular weight is 363 g/mol. The molecule has 2 aromatic rings. The topological polar surface area (TPSA) is 136 Å². The minimum atomic E-state index is -3.74. The maximum atomic E-state index is 11.6. The molecule has 0 radical (unpaired) electrons. The zero-order chi connectivity index (χ0) is 18.0. The number of nitrogens with one attached hydrogen (secondary N) is 2. The summed E-state index contributed by atoms with van der Waals surface area (Å²) < 4.78 is 27.4. The lowest BCUT2D eigenvalue weighted by molar-refractivity contribution is -0.138. The van der Waals surface area contributed by atoms with Crippen LogP contribution in [0.3, 0.4) is 0 Å². The van der Waals surface area contributed by atoms with Gasteiger partial charge in [0.25, 0.3) is 0 Å². The fourth-order valence-corrected chi connectivity index (χ4v) is 2.81. The highest BCUT2D eigenvalue weighted by Gasteiger charge is 2.27. The van der Waals surface area contributed by atoms with E-state index in [1.54, 1.807) is 18.3 Å². The lowest BCUT2D eigenvalue weighted by atomic mass is 10.2. The van der Waals surface area contributed by atoms with Crippen molar-refractivity contribution in [3.8, 4) is 0 Å². The highest BCUT2D eigenvalue weighted by Crippen LogP contribution is 2.20. The van der Waals surface area contributed by atoms with E-state index in [0.717, 1.165) is 5.56 Å². The summed E-state index contributed by atoms with van der Waals surface area (Å²) in [6, 6.07) is 5.48. The summed E-state index contributed by atoms with van der Waals surface area (Å²) in [7, 11) is -3.74. The second-order valence-electron chi connectivity index (χ2n) is 5.57. The van der Waals surface area contributed by atoms with Gasteiger partial charge in [-0.3, -0.25) is 0 Å². The lowest BCUT2D eigenvalue weighted by Gasteiger charge is -2.13. The standard InChI is InChI=1S/C15H17N5O4S/c1-9-8-17-15(20-13(9)19-12-6-7-24-14(12)21)18-10-2-4-11(5-3-10)25(16,22)23/h2-5,8,12H,6-7H2,1H3,(H2,16,22,23)(H2,17,18,19,20). The van der Waals surface area contributed by atoms with Crippen molar-refractivity contribution in [3.63, 3.8) is 0 Å². The quantitative estimate of drug-likeness (QED) is 0.667. The second-order valence-corrected chi connectivity index (χ2v) is 7.13. The van der Waals surface area contributed by atoms with E-state index in [1.807, 2.05) is 6.92 Å². The van der Waals surface area contributed by atoms with Crippen LogP contribution in [-0.4, -0.2) is 37.0 Å². The molecule has 0 amide bonds. The Kier molecular flexibility index (Phi) is 4.55. The summed E-state index contributed by atoms with van der Waals surface area (Å²) in [5.41, 5.74) is 1.39. The van der Waals surface area contributed by atoms with Crippen LogP contribution in [0.15, 0.2) is 35.4 Å². The maximum Gasteiger partial charge on any atom is 0.328 e. The van der Waals surface area contributed by atoms with Crippen LogP contribution >= 0.6 is 0 Å². The van der Waals surface area contributed by atoms with Crippen LogP contribution in [0.4, 0.5) is 17.5 Å². The smallest absolute Gasteiger partial charge is 0.328 e. The normalized spacial score (nSPS) is 17.2. The third kappa shape index (κ3) is 4.03. The fourth-order valence-electron chi connectivity index (χ4n) is 2.30. The molecule has 1 aromatic carbocycles. The van der Waals surface area contributed by atoms with Gasteiger partial charge in [-0.15, -0.1) is 0 Å². The first kappa shape index (κ1) is 17.1. The number of nitrogens with zero attached hydrogens (tertiary/aromatic N) is 2. The molecule has 25 heavy (non-hydrogen) atoms. The van der Waals surface area contributed by atoms with E-state index in [2.05, 4.69) is 20.6 Å². The summed E-state index contributed by atoms with van der Waals surface area (Å²) in [5.74, 6) is 0.538. The molecule has 3 rings (SSSR count). The monoisotopic (exact) mass is 363 g/mol. The number of aryl methyl sites for hydroxylation is 1. The molecule has 1 unspecified atom stereocenters. The molecule has 1 atom stereocenters. The van der Waals surface area contributed by atoms with Crippen molar-refractivity contribution in [1.82, 2.24) is 9.97 Å². The Morgan fingerprint density at radius 3 is 2.60 bits per heavy atom. The third-order valence-electron chi connectivity index (χ3n) is 3.66. The van der Waals surface area contributed by atoms with Crippen molar-refractivity contribution >= 4 is 33.4 Å². The molecule has 0 saturated carbocycles. The Bertz CT molecular complexity index is 899. The largest absolute Gasteiger partial charge is 0.464 e. The summed E-state index contributed by atoms with van der Waals surface area (Å²) >= 11 is 0. The number of nitrogens with two attached hydrogens (primary N) is 1. The molecule has 0 bridgehead atoms. The molecule has 10 heteroatoms. The zero-order valence-electron chi connectivity index (χ0n) is 13.4. The van der Waals surface area contributed by atoms with Crippen molar-refractivity contribution in [3.05, 3.63) is 36.0 Å². The van der Waals surface area contributed by atoms with Gasteiger partial charge in [-0.25, -0.2) is 23.3 Å². The van der Waals surface area contributed by atoms with Crippen molar-refractivity contribution in [2.75, 3.05) is 17.2 Å². The number of hydrogen-bond donors (Lipinski definition) is 3. The van der Waals surface area contributed by atoms with E-state index in [1.165, 1.54) is 12.1 Å². The van der Waals surface area contributed by atoms with Crippen molar-refractivity contribution in [2.45, 2.75) is 24.3 Å². The number of aromatic nitrogens is 2. The summed E-state index contributed by atoms with van der Waals surface area (Å²) in [6.45, 7) is 2.22. The van der Waals surface area contributed by atoms with Crippen LogP contribution in [0, 0.1) is 6.92 Å². The molecule has 4 N–H and O–H groups in total. The Hall–Kier alpha value is -2.72. The Morgan fingerprint density at radius 1 is 1.28 bits per heavy atom. The number of sulfonamides is 1. The van der Waals surface area contributed by atoms with Gasteiger partial charge in [-0.2, -0.15) is 4.98 Å². The molecular weight excluding hydrogens is 346 g/mol. The van der Waals surface area contributed by atoms with Crippen LogP contribution in [0.1, 0.15) is 12.0 Å². The predicted octanol–water partition coefficient (Wildman–Crippen LogP) is 0.903. The Labute approximate surface area is 144 Å². The van der Waals surface area contributed by atoms with Gasteiger partial charge in [0.1, 0.15) is 11.9 Å². The molecule has 9 nitrogen and oxygen atoms in total. The lowest BCUT2D eigenvalue weighted by Crippen LogP contribution is -2.25. The zero-order valence-corrected chi connectivity index (χ0v) is 14.2. The molecule has 1 aliphatic rings. The van der Waals surface area contributed by atoms with Crippen molar-refractivity contribution < 1.29 is 17.9 Å². The number of anilines is 3. The van der Waals surface area contributed by atoms with E-state index >= 15 is 0 Å². The van der Waals surface area contributed by atoms with Gasteiger partial charge >= 0.3 is 5.97 Å². The number of benzene rings is 1. The van der Waals surface area contributed by atoms with Gasteiger partial charge in [-0.1, -0.05) is 0 Å². The predicted molar refractivity (Wildman–Crippen MR) is 90.9 cm³/mol. The Morgan fingerprint density at radius 2 is 2.00 bits per heavy atom. The molecule has 1 aliphatic heterocycles. The van der Waals surface area contributed by atoms with Gasteiger partial charge < -0.3 is 15.4 Å². The minimum absolute atomic E-state index is 0.0185. The number of rotatable bonds is 5. The van der Waals surface area contributed by atoms with Gasteiger partial charge in [0.05, 0.1) is 11.5 Å². The van der Waals surface area contributed by atoms with Crippen LogP contribution in [0.2, 0.25) is 0 Å². The molecule has 0 aliphatic carbocycles. The molecule has 1 aromatic heterocycles. The summed E-state index contributed by atoms with van der Waals surface area (Å²) in [4.78, 5) is 20.1. The Balaban J connectivity index is 1.76. The minimum Gasteiger partial charge on any atom is -0.464 e. The number of carbonyl (C=O) groups is 1. The van der Waals surface area contributed by atoms with Crippen LogP contribution in [-0.2, 0) is 19.6 Å². The summed E-state index contributed by atoms with van der Waals surface area (Å²) in [5, 5.41) is 11.1. The average Bonchev–Trinajstić information content (AvgIpc) is 2.95. The summed E-state index contributed by atoms with van der Waals surface area (Å²) in [6.07, 6.45) is 2.21. The van der Waals surface area contributed by atoms with Crippen LogP contribution in [0.25, 0.3) is 0 Å². The highest BCUT2D eigenvalue weighted by molar-refractivity contribution is 7.89. The first-order valence-electron chi connectivity index (χ1n) is 7.49. The van der Waals surface area contributed by atoms with E-state index in [0.29, 0.717) is 30.5 Å². The number of ether oxygens (including phenoxy) is 1. The molecule has 2 heterocycles. The van der Waals surface area contributed by atoms with Gasteiger partial charge in [0, 0.05) is 23.9 Å². The van der Waals surface area contributed by atoms with Gasteiger partial charge in [-0.05, 0) is 31.2 Å². The van der Waals surface area contributed by atoms with Crippen molar-refractivity contribution in [1.29, 1.82) is 0 Å². The molecule has 1 fully saturated rings. The number of hydrogen-bond acceptors (Lipinski definition) is 8. The van der Waals surface area contributed by atoms with Crippen LogP contribution in [0.5, 0.6) is 0 Å². The van der Waals surface area contributed by atoms with Gasteiger partial charge in [0.15, 0.2) is 0 Å². The van der Waals surface area contributed by atoms with Crippen LogP contribution < -0.4 is 15.8 Å².